The number of carboxylic acids is 1. The van der Waals surface area contributed by atoms with Crippen molar-refractivity contribution in [2.45, 2.75) is 32.9 Å². The van der Waals surface area contributed by atoms with Crippen LogP contribution in [0, 0.1) is 5.92 Å². The monoisotopic (exact) mass is 382 g/mol. The van der Waals surface area contributed by atoms with Crippen LogP contribution in [0.5, 0.6) is 0 Å². The van der Waals surface area contributed by atoms with Crippen LogP contribution in [0.1, 0.15) is 26.0 Å². The Morgan fingerprint density at radius 2 is 2.23 bits per heavy atom. The molecule has 0 radical (unpaired) electrons. The third kappa shape index (κ3) is 4.90. The first-order valence-electron chi connectivity index (χ1n) is 7.12. The van der Waals surface area contributed by atoms with Crippen molar-refractivity contribution in [3.63, 3.8) is 0 Å². The van der Waals surface area contributed by atoms with Crippen LogP contribution in [0.15, 0.2) is 34.1 Å². The highest BCUT2D eigenvalue weighted by atomic mass is 79.9. The SMILES string of the molecule is CC(C)C[C@H](NCc1csc(-c2cccc(Br)c2)n1)C(=O)O. The van der Waals surface area contributed by atoms with E-state index in [2.05, 4.69) is 26.2 Å². The lowest BCUT2D eigenvalue weighted by Crippen LogP contribution is -2.37. The van der Waals surface area contributed by atoms with Crippen LogP contribution in [0.25, 0.3) is 10.6 Å². The summed E-state index contributed by atoms with van der Waals surface area (Å²) in [5.74, 6) is -0.475. The van der Waals surface area contributed by atoms with Gasteiger partial charge >= 0.3 is 5.97 Å². The molecule has 1 aromatic heterocycles. The van der Waals surface area contributed by atoms with E-state index < -0.39 is 12.0 Å². The van der Waals surface area contributed by atoms with Gasteiger partial charge in [0.05, 0.1) is 5.69 Å². The number of hydrogen-bond acceptors (Lipinski definition) is 4. The van der Waals surface area contributed by atoms with E-state index in [1.807, 2.05) is 43.5 Å². The first-order valence-corrected chi connectivity index (χ1v) is 8.79. The maximum atomic E-state index is 11.2. The number of nitrogens with zero attached hydrogens (tertiary/aromatic N) is 1. The Morgan fingerprint density at radius 3 is 2.86 bits per heavy atom. The van der Waals surface area contributed by atoms with Crippen LogP contribution in [-0.4, -0.2) is 22.1 Å². The van der Waals surface area contributed by atoms with Gasteiger partial charge in [-0.15, -0.1) is 11.3 Å². The molecule has 0 amide bonds. The quantitative estimate of drug-likeness (QED) is 0.754. The molecule has 1 atom stereocenters. The summed E-state index contributed by atoms with van der Waals surface area (Å²) in [6.07, 6.45) is 0.609. The Labute approximate surface area is 142 Å². The summed E-state index contributed by atoms with van der Waals surface area (Å²) in [7, 11) is 0. The highest BCUT2D eigenvalue weighted by molar-refractivity contribution is 9.10. The minimum atomic E-state index is -0.809. The standard InChI is InChI=1S/C16H19BrN2O2S/c1-10(2)6-14(16(20)21)18-8-13-9-22-15(19-13)11-4-3-5-12(17)7-11/h3-5,7,9-10,14,18H,6,8H2,1-2H3,(H,20,21)/t14-/m0/s1. The first-order chi connectivity index (χ1) is 10.5. The van der Waals surface area contributed by atoms with Gasteiger partial charge in [-0.25, -0.2) is 4.98 Å². The molecule has 0 fully saturated rings. The second kappa shape index (κ2) is 7.85. The van der Waals surface area contributed by atoms with Crippen molar-refractivity contribution < 1.29 is 9.90 Å². The normalized spacial score (nSPS) is 12.5. The maximum Gasteiger partial charge on any atom is 0.320 e. The number of carboxylic acid groups (broad SMARTS) is 1. The molecule has 0 aliphatic rings. The van der Waals surface area contributed by atoms with Crippen LogP contribution >= 0.6 is 27.3 Å². The highest BCUT2D eigenvalue weighted by Gasteiger charge is 2.18. The molecular formula is C16H19BrN2O2S. The first kappa shape index (κ1) is 17.1. The smallest absolute Gasteiger partial charge is 0.320 e. The number of nitrogens with one attached hydrogen (secondary N) is 1. The summed E-state index contributed by atoms with van der Waals surface area (Å²) in [6, 6.07) is 7.45. The molecule has 0 bridgehead atoms. The van der Waals surface area contributed by atoms with Gasteiger partial charge in [0.1, 0.15) is 11.0 Å². The Hall–Kier alpha value is -1.24. The van der Waals surface area contributed by atoms with Gasteiger partial charge in [0.25, 0.3) is 0 Å². The molecule has 2 N–H and O–H groups in total. The number of thiazole rings is 1. The maximum absolute atomic E-state index is 11.2. The predicted octanol–water partition coefficient (Wildman–Crippen LogP) is 4.16. The van der Waals surface area contributed by atoms with Gasteiger partial charge in [0.2, 0.25) is 0 Å². The molecule has 2 aromatic rings. The molecule has 0 spiro atoms. The lowest BCUT2D eigenvalue weighted by atomic mass is 10.0. The predicted molar refractivity (Wildman–Crippen MR) is 93.0 cm³/mol. The van der Waals surface area contributed by atoms with E-state index in [1.54, 1.807) is 11.3 Å². The molecule has 0 saturated heterocycles. The summed E-state index contributed by atoms with van der Waals surface area (Å²) >= 11 is 5.02. The van der Waals surface area contributed by atoms with Gasteiger partial charge in [0.15, 0.2) is 0 Å². The number of aliphatic carboxylic acids is 1. The van der Waals surface area contributed by atoms with Crippen LogP contribution in [0.3, 0.4) is 0 Å². The third-order valence-corrected chi connectivity index (χ3v) is 4.59. The van der Waals surface area contributed by atoms with Crippen LogP contribution in [-0.2, 0) is 11.3 Å². The van der Waals surface area contributed by atoms with E-state index in [0.717, 1.165) is 20.7 Å². The molecule has 6 heteroatoms. The van der Waals surface area contributed by atoms with Gasteiger partial charge in [-0.05, 0) is 24.5 Å². The van der Waals surface area contributed by atoms with Crippen molar-refractivity contribution in [1.29, 1.82) is 0 Å². The van der Waals surface area contributed by atoms with Crippen molar-refractivity contribution >= 4 is 33.2 Å². The number of hydrogen-bond donors (Lipinski definition) is 2. The van der Waals surface area contributed by atoms with Crippen molar-refractivity contribution in [1.82, 2.24) is 10.3 Å². The van der Waals surface area contributed by atoms with Gasteiger partial charge in [0, 0.05) is 22.0 Å². The molecule has 0 aliphatic heterocycles. The number of carbonyl (C=O) groups is 1. The molecular weight excluding hydrogens is 364 g/mol. The Kier molecular flexibility index (Phi) is 6.11. The molecule has 0 aliphatic carbocycles. The fourth-order valence-electron chi connectivity index (χ4n) is 2.11. The van der Waals surface area contributed by atoms with E-state index in [1.165, 1.54) is 0 Å². The molecule has 4 nitrogen and oxygen atoms in total. The number of rotatable bonds is 7. The van der Waals surface area contributed by atoms with Gasteiger partial charge < -0.3 is 5.11 Å². The largest absolute Gasteiger partial charge is 0.480 e. The third-order valence-electron chi connectivity index (χ3n) is 3.16. The molecule has 118 valence electrons. The van der Waals surface area contributed by atoms with Crippen LogP contribution < -0.4 is 5.32 Å². The summed E-state index contributed by atoms with van der Waals surface area (Å²) < 4.78 is 1.02. The summed E-state index contributed by atoms with van der Waals surface area (Å²) in [6.45, 7) is 4.51. The van der Waals surface area contributed by atoms with Crippen molar-refractivity contribution in [2.75, 3.05) is 0 Å². The average molecular weight is 383 g/mol. The van der Waals surface area contributed by atoms with E-state index >= 15 is 0 Å². The Morgan fingerprint density at radius 1 is 1.45 bits per heavy atom. The van der Waals surface area contributed by atoms with E-state index in [-0.39, 0.29) is 0 Å². The van der Waals surface area contributed by atoms with Crippen molar-refractivity contribution in [3.05, 3.63) is 39.8 Å². The lowest BCUT2D eigenvalue weighted by molar-refractivity contribution is -0.140. The summed E-state index contributed by atoms with van der Waals surface area (Å²) in [5.41, 5.74) is 1.93. The molecule has 0 saturated carbocycles. The van der Waals surface area contributed by atoms with E-state index in [0.29, 0.717) is 18.9 Å². The number of halogens is 1. The molecule has 1 heterocycles. The molecule has 22 heavy (non-hydrogen) atoms. The minimum Gasteiger partial charge on any atom is -0.480 e. The van der Waals surface area contributed by atoms with Crippen LogP contribution in [0.4, 0.5) is 0 Å². The fourth-order valence-corrected chi connectivity index (χ4v) is 3.33. The van der Waals surface area contributed by atoms with Gasteiger partial charge in [-0.1, -0.05) is 41.9 Å². The van der Waals surface area contributed by atoms with Crippen LogP contribution in [0.2, 0.25) is 0 Å². The second-order valence-electron chi connectivity index (χ2n) is 5.56. The fraction of sp³-hybridized carbons (Fsp3) is 0.375. The van der Waals surface area contributed by atoms with Crippen molar-refractivity contribution in [2.24, 2.45) is 5.92 Å². The Bertz CT molecular complexity index is 643. The highest BCUT2D eigenvalue weighted by Crippen LogP contribution is 2.26. The average Bonchev–Trinajstić information content (AvgIpc) is 2.91. The van der Waals surface area contributed by atoms with E-state index in [9.17, 15) is 9.90 Å². The zero-order valence-corrected chi connectivity index (χ0v) is 14.9. The lowest BCUT2D eigenvalue weighted by Gasteiger charge is -2.15. The van der Waals surface area contributed by atoms with Gasteiger partial charge in [-0.2, -0.15) is 0 Å². The minimum absolute atomic E-state index is 0.335. The van der Waals surface area contributed by atoms with Gasteiger partial charge in [-0.3, -0.25) is 10.1 Å². The second-order valence-corrected chi connectivity index (χ2v) is 7.33. The Balaban J connectivity index is 2.01. The zero-order valence-electron chi connectivity index (χ0n) is 12.5. The number of aromatic nitrogens is 1. The molecule has 2 rings (SSSR count). The topological polar surface area (TPSA) is 62.2 Å². The summed E-state index contributed by atoms with van der Waals surface area (Å²) in [5, 5.41) is 15.2. The number of benzene rings is 1. The molecule has 0 unspecified atom stereocenters. The summed E-state index contributed by atoms with van der Waals surface area (Å²) in [4.78, 5) is 15.8. The van der Waals surface area contributed by atoms with E-state index in [4.69, 9.17) is 0 Å². The molecule has 1 aromatic carbocycles. The van der Waals surface area contributed by atoms with Crippen molar-refractivity contribution in [3.8, 4) is 10.6 Å². The zero-order chi connectivity index (χ0) is 16.1.